The maximum Gasteiger partial charge on any atom is 0.222 e. The van der Waals surface area contributed by atoms with Crippen LogP contribution in [0.5, 0.6) is 0 Å². The molecule has 1 saturated heterocycles. The molecule has 3 rings (SSSR count). The monoisotopic (exact) mass is 315 g/mol. The largest absolute Gasteiger partial charge is 0.370 e. The highest BCUT2D eigenvalue weighted by Crippen LogP contribution is 2.24. The second-order valence-electron chi connectivity index (χ2n) is 5.63. The number of imidazole rings is 1. The van der Waals surface area contributed by atoms with E-state index in [1.165, 1.54) is 0 Å². The minimum absolute atomic E-state index is 0.00149. The maximum absolute atomic E-state index is 11.8. The third kappa shape index (κ3) is 4.59. The van der Waals surface area contributed by atoms with E-state index in [9.17, 15) is 4.79 Å². The molecule has 2 aromatic rings. The van der Waals surface area contributed by atoms with Gasteiger partial charge in [0.1, 0.15) is 6.10 Å². The lowest BCUT2D eigenvalue weighted by atomic mass is 10.1. The topological polar surface area (TPSA) is 81.9 Å². The Morgan fingerprint density at radius 3 is 2.91 bits per heavy atom. The Morgan fingerprint density at radius 1 is 1.35 bits per heavy atom. The van der Waals surface area contributed by atoms with Crippen molar-refractivity contribution in [2.45, 2.75) is 44.9 Å². The lowest BCUT2D eigenvalue weighted by Crippen LogP contribution is -2.24. The summed E-state index contributed by atoms with van der Waals surface area (Å²) < 4.78 is 7.54. The Labute approximate surface area is 135 Å². The van der Waals surface area contributed by atoms with E-state index in [0.29, 0.717) is 19.5 Å². The van der Waals surface area contributed by atoms with Gasteiger partial charge in [0.25, 0.3) is 0 Å². The smallest absolute Gasteiger partial charge is 0.222 e. The molecular formula is C16H21N5O2. The summed E-state index contributed by atoms with van der Waals surface area (Å²) in [5, 5.41) is 2.88. The molecule has 0 spiro atoms. The fraction of sp³-hybridized carbons (Fsp3) is 0.500. The van der Waals surface area contributed by atoms with Gasteiger partial charge in [-0.15, -0.1) is 0 Å². The van der Waals surface area contributed by atoms with Crippen LogP contribution in [-0.4, -0.2) is 32.0 Å². The van der Waals surface area contributed by atoms with Gasteiger partial charge in [0, 0.05) is 56.5 Å². The van der Waals surface area contributed by atoms with Gasteiger partial charge in [-0.25, -0.2) is 15.0 Å². The highest BCUT2D eigenvalue weighted by molar-refractivity contribution is 5.75. The minimum Gasteiger partial charge on any atom is -0.370 e. The standard InChI is InChI=1S/C16H21N5O2/c22-15(4-6-21-7-5-17-12-21)18-9-13-10-19-16(20-11-13)14-3-1-2-8-23-14/h5,7,10-12,14H,1-4,6,8-9H2,(H,18,22). The van der Waals surface area contributed by atoms with Crippen LogP contribution in [0.25, 0.3) is 0 Å². The molecule has 122 valence electrons. The molecule has 0 aliphatic carbocycles. The number of amides is 1. The number of hydrogen-bond donors (Lipinski definition) is 1. The van der Waals surface area contributed by atoms with Gasteiger partial charge in [-0.2, -0.15) is 0 Å². The van der Waals surface area contributed by atoms with Crippen molar-refractivity contribution >= 4 is 5.91 Å². The van der Waals surface area contributed by atoms with Crippen LogP contribution in [0.3, 0.4) is 0 Å². The zero-order valence-corrected chi connectivity index (χ0v) is 13.0. The Bertz CT molecular complexity index is 606. The average molecular weight is 315 g/mol. The zero-order valence-electron chi connectivity index (χ0n) is 13.0. The summed E-state index contributed by atoms with van der Waals surface area (Å²) in [6.45, 7) is 1.84. The van der Waals surface area contributed by atoms with Crippen LogP contribution in [-0.2, 0) is 22.6 Å². The summed E-state index contributed by atoms with van der Waals surface area (Å²) in [4.78, 5) is 24.5. The number of ether oxygens (including phenoxy) is 1. The van der Waals surface area contributed by atoms with Crippen molar-refractivity contribution in [3.63, 3.8) is 0 Å². The van der Waals surface area contributed by atoms with Crippen molar-refractivity contribution in [3.05, 3.63) is 42.5 Å². The molecule has 0 radical (unpaired) electrons. The first-order chi connectivity index (χ1) is 11.3. The number of aromatic nitrogens is 4. The Balaban J connectivity index is 1.43. The van der Waals surface area contributed by atoms with Crippen LogP contribution < -0.4 is 5.32 Å². The summed E-state index contributed by atoms with van der Waals surface area (Å²) in [6, 6.07) is 0. The predicted molar refractivity (Wildman–Crippen MR) is 83.3 cm³/mol. The van der Waals surface area contributed by atoms with E-state index in [2.05, 4.69) is 20.3 Å². The molecule has 1 N–H and O–H groups in total. The lowest BCUT2D eigenvalue weighted by molar-refractivity contribution is -0.121. The number of nitrogens with one attached hydrogen (secondary N) is 1. The molecule has 7 nitrogen and oxygen atoms in total. The fourth-order valence-electron chi connectivity index (χ4n) is 2.51. The first-order valence-corrected chi connectivity index (χ1v) is 7.96. The van der Waals surface area contributed by atoms with E-state index < -0.39 is 0 Å². The summed E-state index contributed by atoms with van der Waals surface area (Å²) in [5.41, 5.74) is 0.889. The van der Waals surface area contributed by atoms with Gasteiger partial charge >= 0.3 is 0 Å². The summed E-state index contributed by atoms with van der Waals surface area (Å²) >= 11 is 0. The fourth-order valence-corrected chi connectivity index (χ4v) is 2.51. The van der Waals surface area contributed by atoms with Crippen LogP contribution in [0, 0.1) is 0 Å². The average Bonchev–Trinajstić information content (AvgIpc) is 3.13. The zero-order chi connectivity index (χ0) is 15.9. The van der Waals surface area contributed by atoms with Crippen molar-refractivity contribution in [1.82, 2.24) is 24.8 Å². The van der Waals surface area contributed by atoms with Gasteiger partial charge in [-0.3, -0.25) is 4.79 Å². The van der Waals surface area contributed by atoms with E-state index in [4.69, 9.17) is 4.74 Å². The van der Waals surface area contributed by atoms with Gasteiger partial charge in [0.2, 0.25) is 5.91 Å². The highest BCUT2D eigenvalue weighted by atomic mass is 16.5. The molecule has 7 heteroatoms. The number of carbonyl (C=O) groups is 1. The van der Waals surface area contributed by atoms with Crippen LogP contribution in [0.4, 0.5) is 0 Å². The lowest BCUT2D eigenvalue weighted by Gasteiger charge is -2.21. The molecule has 0 saturated carbocycles. The normalized spacial score (nSPS) is 17.8. The third-order valence-corrected chi connectivity index (χ3v) is 3.84. The van der Waals surface area contributed by atoms with Crippen molar-refractivity contribution in [2.75, 3.05) is 6.61 Å². The molecule has 23 heavy (non-hydrogen) atoms. The van der Waals surface area contributed by atoms with E-state index in [1.807, 2.05) is 10.8 Å². The number of carbonyl (C=O) groups excluding carboxylic acids is 1. The van der Waals surface area contributed by atoms with E-state index in [1.54, 1.807) is 24.9 Å². The van der Waals surface area contributed by atoms with E-state index in [-0.39, 0.29) is 12.0 Å². The van der Waals surface area contributed by atoms with E-state index in [0.717, 1.165) is 37.3 Å². The van der Waals surface area contributed by atoms with Crippen LogP contribution in [0.2, 0.25) is 0 Å². The Morgan fingerprint density at radius 2 is 2.22 bits per heavy atom. The summed E-state index contributed by atoms with van der Waals surface area (Å²) in [7, 11) is 0. The first-order valence-electron chi connectivity index (χ1n) is 7.96. The SMILES string of the molecule is O=C(CCn1ccnc1)NCc1cnc(C2CCCCO2)nc1. The number of nitrogens with zero attached hydrogens (tertiary/aromatic N) is 4. The highest BCUT2D eigenvalue weighted by Gasteiger charge is 2.18. The molecule has 0 aromatic carbocycles. The Kier molecular flexibility index (Phi) is 5.31. The Hall–Kier alpha value is -2.28. The van der Waals surface area contributed by atoms with E-state index >= 15 is 0 Å². The minimum atomic E-state index is -0.00149. The first kappa shape index (κ1) is 15.6. The number of aryl methyl sites for hydroxylation is 1. The molecule has 1 fully saturated rings. The van der Waals surface area contributed by atoms with Gasteiger partial charge < -0.3 is 14.6 Å². The van der Waals surface area contributed by atoms with Crippen molar-refractivity contribution in [3.8, 4) is 0 Å². The van der Waals surface area contributed by atoms with Crippen molar-refractivity contribution in [2.24, 2.45) is 0 Å². The molecular weight excluding hydrogens is 294 g/mol. The van der Waals surface area contributed by atoms with Crippen LogP contribution in [0.15, 0.2) is 31.1 Å². The van der Waals surface area contributed by atoms with Crippen molar-refractivity contribution < 1.29 is 9.53 Å². The molecule has 1 aliphatic rings. The predicted octanol–water partition coefficient (Wildman–Crippen LogP) is 1.62. The molecule has 2 aromatic heterocycles. The van der Waals surface area contributed by atoms with Crippen molar-refractivity contribution in [1.29, 1.82) is 0 Å². The summed E-state index contributed by atoms with van der Waals surface area (Å²) in [6.07, 6.45) is 12.4. The molecule has 3 heterocycles. The number of hydrogen-bond acceptors (Lipinski definition) is 5. The van der Waals surface area contributed by atoms with Gasteiger partial charge in [0.15, 0.2) is 5.82 Å². The quantitative estimate of drug-likeness (QED) is 0.876. The molecule has 1 unspecified atom stereocenters. The van der Waals surface area contributed by atoms with Gasteiger partial charge in [-0.1, -0.05) is 0 Å². The second-order valence-corrected chi connectivity index (χ2v) is 5.63. The molecule has 1 atom stereocenters. The van der Waals surface area contributed by atoms with Crippen LogP contribution in [0.1, 0.15) is 43.2 Å². The number of rotatable bonds is 6. The second kappa shape index (κ2) is 7.82. The summed E-state index contributed by atoms with van der Waals surface area (Å²) in [5.74, 6) is 0.735. The third-order valence-electron chi connectivity index (χ3n) is 3.84. The molecule has 1 aliphatic heterocycles. The maximum atomic E-state index is 11.8. The molecule has 1 amide bonds. The van der Waals surface area contributed by atoms with Gasteiger partial charge in [0.05, 0.1) is 6.33 Å². The molecule has 0 bridgehead atoms. The van der Waals surface area contributed by atoms with Crippen LogP contribution >= 0.6 is 0 Å². The van der Waals surface area contributed by atoms with Gasteiger partial charge in [-0.05, 0) is 19.3 Å².